The highest BCUT2D eigenvalue weighted by molar-refractivity contribution is 5.18. The van der Waals surface area contributed by atoms with Crippen molar-refractivity contribution in [2.45, 2.75) is 13.0 Å². The molecule has 1 heterocycles. The molecule has 0 fully saturated rings. The van der Waals surface area contributed by atoms with E-state index in [2.05, 4.69) is 11.6 Å². The van der Waals surface area contributed by atoms with Crippen molar-refractivity contribution in [3.63, 3.8) is 0 Å². The highest BCUT2D eigenvalue weighted by Gasteiger charge is 2.11. The van der Waals surface area contributed by atoms with E-state index < -0.39 is 6.10 Å². The first-order valence-electron chi connectivity index (χ1n) is 4.15. The Hall–Kier alpha value is -1.35. The molecule has 1 N–H and O–H groups in total. The number of nitrogens with zero attached hydrogens (tertiary/aromatic N) is 1. The standard InChI is InChI=1S/C10H13NO2/c1-3-13-8(2)10(12)9-5-4-6-11-7-9/h4-7,10,12H,2-3H2,1H3. The fraction of sp³-hybridized carbons (Fsp3) is 0.300. The molecule has 0 aromatic carbocycles. The average Bonchev–Trinajstić information content (AvgIpc) is 2.18. The normalized spacial score (nSPS) is 12.2. The molecule has 0 spiro atoms. The fourth-order valence-corrected chi connectivity index (χ4v) is 0.988. The van der Waals surface area contributed by atoms with Gasteiger partial charge in [0.25, 0.3) is 0 Å². The van der Waals surface area contributed by atoms with Crippen LogP contribution >= 0.6 is 0 Å². The lowest BCUT2D eigenvalue weighted by Crippen LogP contribution is -2.04. The number of ether oxygens (including phenoxy) is 1. The van der Waals surface area contributed by atoms with E-state index in [1.807, 2.05) is 6.92 Å². The Labute approximate surface area is 77.7 Å². The summed E-state index contributed by atoms with van der Waals surface area (Å²) in [6, 6.07) is 3.54. The molecule has 3 heteroatoms. The Balaban J connectivity index is 2.68. The Bertz CT molecular complexity index is 272. The summed E-state index contributed by atoms with van der Waals surface area (Å²) in [6.07, 6.45) is 2.46. The molecule has 0 saturated heterocycles. The summed E-state index contributed by atoms with van der Waals surface area (Å²) in [5.41, 5.74) is 0.695. The Morgan fingerprint density at radius 1 is 1.77 bits per heavy atom. The molecule has 0 aliphatic rings. The van der Waals surface area contributed by atoms with Gasteiger partial charge in [0.05, 0.1) is 6.61 Å². The van der Waals surface area contributed by atoms with E-state index in [1.165, 1.54) is 0 Å². The van der Waals surface area contributed by atoms with Gasteiger partial charge in [-0.1, -0.05) is 12.6 Å². The second kappa shape index (κ2) is 4.62. The molecule has 3 nitrogen and oxygen atoms in total. The van der Waals surface area contributed by atoms with Gasteiger partial charge in [-0.2, -0.15) is 0 Å². The topological polar surface area (TPSA) is 42.4 Å². The molecule has 1 aromatic heterocycles. The Morgan fingerprint density at radius 2 is 2.54 bits per heavy atom. The SMILES string of the molecule is C=C(OCC)C(O)c1cccnc1. The van der Waals surface area contributed by atoms with Crippen LogP contribution in [-0.4, -0.2) is 16.7 Å². The van der Waals surface area contributed by atoms with Crippen LogP contribution in [0.3, 0.4) is 0 Å². The van der Waals surface area contributed by atoms with Crippen molar-refractivity contribution in [2.24, 2.45) is 0 Å². The molecule has 0 saturated carbocycles. The van der Waals surface area contributed by atoms with Crippen LogP contribution in [0.1, 0.15) is 18.6 Å². The van der Waals surface area contributed by atoms with E-state index in [0.717, 1.165) is 0 Å². The third-order valence-electron chi connectivity index (χ3n) is 1.63. The van der Waals surface area contributed by atoms with E-state index in [-0.39, 0.29) is 0 Å². The molecule has 13 heavy (non-hydrogen) atoms. The van der Waals surface area contributed by atoms with Gasteiger partial charge in [-0.05, 0) is 13.0 Å². The van der Waals surface area contributed by atoms with Crippen LogP contribution in [0.4, 0.5) is 0 Å². The number of aliphatic hydroxyl groups is 1. The van der Waals surface area contributed by atoms with Crippen molar-refractivity contribution >= 4 is 0 Å². The van der Waals surface area contributed by atoms with Crippen molar-refractivity contribution in [1.82, 2.24) is 4.98 Å². The molecule has 0 radical (unpaired) electrons. The summed E-state index contributed by atoms with van der Waals surface area (Å²) in [5, 5.41) is 9.66. The minimum atomic E-state index is -0.784. The lowest BCUT2D eigenvalue weighted by molar-refractivity contribution is 0.109. The summed E-state index contributed by atoms with van der Waals surface area (Å²) in [4.78, 5) is 3.89. The monoisotopic (exact) mass is 179 g/mol. The number of rotatable bonds is 4. The summed E-state index contributed by atoms with van der Waals surface area (Å²) in [5.74, 6) is 0.357. The van der Waals surface area contributed by atoms with Crippen LogP contribution in [-0.2, 0) is 4.74 Å². The quantitative estimate of drug-likeness (QED) is 0.715. The summed E-state index contributed by atoms with van der Waals surface area (Å²) in [7, 11) is 0. The van der Waals surface area contributed by atoms with Gasteiger partial charge >= 0.3 is 0 Å². The summed E-state index contributed by atoms with van der Waals surface area (Å²) < 4.78 is 5.09. The second-order valence-electron chi connectivity index (χ2n) is 2.59. The van der Waals surface area contributed by atoms with Crippen molar-refractivity contribution in [1.29, 1.82) is 0 Å². The van der Waals surface area contributed by atoms with Crippen molar-refractivity contribution in [2.75, 3.05) is 6.61 Å². The van der Waals surface area contributed by atoms with E-state index in [1.54, 1.807) is 24.5 Å². The maximum atomic E-state index is 9.66. The first kappa shape index (κ1) is 9.74. The van der Waals surface area contributed by atoms with Gasteiger partial charge in [-0.3, -0.25) is 4.98 Å². The molecule has 0 bridgehead atoms. The lowest BCUT2D eigenvalue weighted by atomic mass is 10.1. The third-order valence-corrected chi connectivity index (χ3v) is 1.63. The van der Waals surface area contributed by atoms with Gasteiger partial charge in [0, 0.05) is 18.0 Å². The second-order valence-corrected chi connectivity index (χ2v) is 2.59. The zero-order valence-corrected chi connectivity index (χ0v) is 7.60. The number of hydrogen-bond acceptors (Lipinski definition) is 3. The van der Waals surface area contributed by atoms with E-state index in [9.17, 15) is 5.11 Å². The minimum absolute atomic E-state index is 0.357. The molecule has 1 rings (SSSR count). The van der Waals surface area contributed by atoms with Crippen molar-refractivity contribution in [3.8, 4) is 0 Å². The molecule has 1 unspecified atom stereocenters. The van der Waals surface area contributed by atoms with Gasteiger partial charge < -0.3 is 9.84 Å². The van der Waals surface area contributed by atoms with Crippen molar-refractivity contribution in [3.05, 3.63) is 42.4 Å². The van der Waals surface area contributed by atoms with Crippen LogP contribution in [0.25, 0.3) is 0 Å². The summed E-state index contributed by atoms with van der Waals surface area (Å²) >= 11 is 0. The van der Waals surface area contributed by atoms with Crippen molar-refractivity contribution < 1.29 is 9.84 Å². The van der Waals surface area contributed by atoms with Gasteiger partial charge in [-0.15, -0.1) is 0 Å². The zero-order valence-electron chi connectivity index (χ0n) is 7.60. The average molecular weight is 179 g/mol. The Morgan fingerprint density at radius 3 is 3.08 bits per heavy atom. The van der Waals surface area contributed by atoms with Crippen LogP contribution in [0.5, 0.6) is 0 Å². The van der Waals surface area contributed by atoms with Crippen LogP contribution in [0.15, 0.2) is 36.9 Å². The highest BCUT2D eigenvalue weighted by atomic mass is 16.5. The predicted octanol–water partition coefficient (Wildman–Crippen LogP) is 1.67. The minimum Gasteiger partial charge on any atom is -0.496 e. The first-order chi connectivity index (χ1) is 6.25. The first-order valence-corrected chi connectivity index (χ1v) is 4.15. The lowest BCUT2D eigenvalue weighted by Gasteiger charge is -2.13. The highest BCUT2D eigenvalue weighted by Crippen LogP contribution is 2.19. The van der Waals surface area contributed by atoms with Crippen LogP contribution in [0.2, 0.25) is 0 Å². The van der Waals surface area contributed by atoms with Gasteiger partial charge in [-0.25, -0.2) is 0 Å². The largest absolute Gasteiger partial charge is 0.496 e. The van der Waals surface area contributed by atoms with Gasteiger partial charge in [0.15, 0.2) is 0 Å². The number of aliphatic hydroxyl groups excluding tert-OH is 1. The number of pyridine rings is 1. The molecule has 0 aliphatic carbocycles. The molecule has 0 aliphatic heterocycles. The van der Waals surface area contributed by atoms with E-state index in [4.69, 9.17) is 4.74 Å². The van der Waals surface area contributed by atoms with E-state index in [0.29, 0.717) is 17.9 Å². The molecular weight excluding hydrogens is 166 g/mol. The fourth-order valence-electron chi connectivity index (χ4n) is 0.988. The van der Waals surface area contributed by atoms with E-state index >= 15 is 0 Å². The van der Waals surface area contributed by atoms with Crippen LogP contribution < -0.4 is 0 Å². The molecule has 0 amide bonds. The third kappa shape index (κ3) is 2.56. The molecular formula is C10H13NO2. The van der Waals surface area contributed by atoms with Gasteiger partial charge in [0.1, 0.15) is 11.9 Å². The molecule has 70 valence electrons. The maximum absolute atomic E-state index is 9.66. The number of hydrogen-bond donors (Lipinski definition) is 1. The van der Waals surface area contributed by atoms with Crippen LogP contribution in [0, 0.1) is 0 Å². The maximum Gasteiger partial charge on any atom is 0.137 e. The predicted molar refractivity (Wildman–Crippen MR) is 50.0 cm³/mol. The number of aromatic nitrogens is 1. The van der Waals surface area contributed by atoms with Gasteiger partial charge in [0.2, 0.25) is 0 Å². The smallest absolute Gasteiger partial charge is 0.137 e. The summed E-state index contributed by atoms with van der Waals surface area (Å²) in [6.45, 7) is 5.98. The molecule has 1 aromatic rings. The Kier molecular flexibility index (Phi) is 3.46. The zero-order chi connectivity index (χ0) is 9.68. The molecule has 1 atom stereocenters.